The number of hydrogen-bond acceptors (Lipinski definition) is 3. The number of hydrogen-bond donors (Lipinski definition) is 1. The van der Waals surface area contributed by atoms with Crippen molar-refractivity contribution in [2.75, 3.05) is 5.73 Å². The van der Waals surface area contributed by atoms with Crippen molar-refractivity contribution in [2.24, 2.45) is 5.10 Å². The minimum atomic E-state index is -0.296. The van der Waals surface area contributed by atoms with Crippen LogP contribution in [0.25, 0.3) is 0 Å². The molecule has 2 N–H and O–H groups in total. The molecule has 0 atom stereocenters. The van der Waals surface area contributed by atoms with Gasteiger partial charge < -0.3 is 5.73 Å². The third kappa shape index (κ3) is 3.03. The van der Waals surface area contributed by atoms with Crippen molar-refractivity contribution < 1.29 is 4.39 Å². The van der Waals surface area contributed by atoms with Crippen molar-refractivity contribution in [3.63, 3.8) is 0 Å². The van der Waals surface area contributed by atoms with Gasteiger partial charge in [-0.25, -0.2) is 14.1 Å². The van der Waals surface area contributed by atoms with Crippen molar-refractivity contribution in [1.82, 2.24) is 9.66 Å². The number of anilines is 1. The third-order valence-corrected chi connectivity index (χ3v) is 3.70. The third-order valence-electron chi connectivity index (χ3n) is 2.52. The van der Waals surface area contributed by atoms with Crippen LogP contribution in [0.5, 0.6) is 0 Å². The van der Waals surface area contributed by atoms with Gasteiger partial charge in [0.1, 0.15) is 5.82 Å². The average molecular weight is 390 g/mol. The molecule has 0 aliphatic heterocycles. The standard InChI is InChI=1S/C12H11Br2FN4/c1-7-6-19(12(16)18-7)17-5-8-2-3-10(14)11(15)9(8)4-13/h2-3,5-6H,4H2,1H3,(H2,16,18). The maximum Gasteiger partial charge on any atom is 0.221 e. The molecule has 0 fully saturated rings. The molecule has 0 amide bonds. The number of nitrogen functional groups attached to an aromatic ring is 1. The maximum atomic E-state index is 13.9. The fourth-order valence-electron chi connectivity index (χ4n) is 1.59. The topological polar surface area (TPSA) is 56.2 Å². The predicted octanol–water partition coefficient (Wildman–Crippen LogP) is 3.45. The molecule has 100 valence electrons. The number of benzene rings is 1. The smallest absolute Gasteiger partial charge is 0.221 e. The maximum absolute atomic E-state index is 13.9. The fraction of sp³-hybridized carbons (Fsp3) is 0.167. The Labute approximate surface area is 126 Å². The molecule has 1 aromatic carbocycles. The molecule has 0 radical (unpaired) electrons. The second-order valence-corrected chi connectivity index (χ2v) is 5.31. The zero-order valence-corrected chi connectivity index (χ0v) is 13.2. The molecule has 0 aliphatic carbocycles. The molecule has 2 rings (SSSR count). The second kappa shape index (κ2) is 5.83. The quantitative estimate of drug-likeness (QED) is 0.645. The van der Waals surface area contributed by atoms with E-state index in [0.29, 0.717) is 26.9 Å². The van der Waals surface area contributed by atoms with Crippen LogP contribution in [0.1, 0.15) is 16.8 Å². The molecule has 1 heterocycles. The van der Waals surface area contributed by atoms with Gasteiger partial charge in [-0.2, -0.15) is 5.10 Å². The molecule has 0 spiro atoms. The van der Waals surface area contributed by atoms with Crippen LogP contribution in [0.3, 0.4) is 0 Å². The van der Waals surface area contributed by atoms with E-state index in [1.807, 2.05) is 6.92 Å². The summed E-state index contributed by atoms with van der Waals surface area (Å²) >= 11 is 6.43. The fourth-order valence-corrected chi connectivity index (χ4v) is 2.53. The van der Waals surface area contributed by atoms with E-state index in [2.05, 4.69) is 41.9 Å². The van der Waals surface area contributed by atoms with Crippen molar-refractivity contribution in [3.8, 4) is 0 Å². The highest BCUT2D eigenvalue weighted by Gasteiger charge is 2.09. The Bertz CT molecular complexity index is 637. The Morgan fingerprint density at radius 2 is 2.26 bits per heavy atom. The predicted molar refractivity (Wildman–Crippen MR) is 81.1 cm³/mol. The average Bonchev–Trinajstić information content (AvgIpc) is 2.69. The van der Waals surface area contributed by atoms with Crippen LogP contribution in [-0.4, -0.2) is 15.9 Å². The second-order valence-electron chi connectivity index (χ2n) is 3.89. The number of nitrogens with zero attached hydrogens (tertiary/aromatic N) is 3. The van der Waals surface area contributed by atoms with E-state index in [-0.39, 0.29) is 5.82 Å². The van der Waals surface area contributed by atoms with Gasteiger partial charge in [-0.05, 0) is 28.9 Å². The van der Waals surface area contributed by atoms with Gasteiger partial charge in [0, 0.05) is 16.5 Å². The highest BCUT2D eigenvalue weighted by atomic mass is 79.9. The van der Waals surface area contributed by atoms with Gasteiger partial charge in [0.15, 0.2) is 0 Å². The van der Waals surface area contributed by atoms with Crippen LogP contribution in [0.4, 0.5) is 10.3 Å². The van der Waals surface area contributed by atoms with E-state index in [9.17, 15) is 4.39 Å². The summed E-state index contributed by atoms with van der Waals surface area (Å²) in [6.45, 7) is 1.82. The van der Waals surface area contributed by atoms with Crippen molar-refractivity contribution in [1.29, 1.82) is 0 Å². The van der Waals surface area contributed by atoms with Crippen LogP contribution < -0.4 is 5.73 Å². The Morgan fingerprint density at radius 1 is 1.53 bits per heavy atom. The molecule has 0 saturated carbocycles. The monoisotopic (exact) mass is 388 g/mol. The SMILES string of the molecule is Cc1cn(N=Cc2ccc(Br)c(F)c2CBr)c(N)n1. The minimum absolute atomic E-state index is 0.296. The summed E-state index contributed by atoms with van der Waals surface area (Å²) in [5, 5.41) is 4.58. The molecule has 1 aromatic heterocycles. The highest BCUT2D eigenvalue weighted by Crippen LogP contribution is 2.23. The largest absolute Gasteiger partial charge is 0.368 e. The first-order valence-electron chi connectivity index (χ1n) is 5.41. The van der Waals surface area contributed by atoms with Crippen molar-refractivity contribution >= 4 is 44.0 Å². The van der Waals surface area contributed by atoms with E-state index in [1.54, 1.807) is 24.5 Å². The number of aromatic nitrogens is 2. The molecule has 0 unspecified atom stereocenters. The first kappa shape index (κ1) is 14.2. The Kier molecular flexibility index (Phi) is 4.36. The number of alkyl halides is 1. The molecular formula is C12H11Br2FN4. The van der Waals surface area contributed by atoms with Crippen LogP contribution in [-0.2, 0) is 5.33 Å². The molecule has 7 heteroatoms. The summed E-state index contributed by atoms with van der Waals surface area (Å²) in [6.07, 6.45) is 3.26. The van der Waals surface area contributed by atoms with E-state index in [1.165, 1.54) is 4.68 Å². The van der Waals surface area contributed by atoms with Crippen LogP contribution in [0, 0.1) is 12.7 Å². The van der Waals surface area contributed by atoms with Gasteiger partial charge in [-0.3, -0.25) is 0 Å². The Balaban J connectivity index is 2.38. The zero-order chi connectivity index (χ0) is 14.0. The lowest BCUT2D eigenvalue weighted by Crippen LogP contribution is -2.00. The molecule has 4 nitrogen and oxygen atoms in total. The van der Waals surface area contributed by atoms with Crippen LogP contribution >= 0.6 is 31.9 Å². The lowest BCUT2D eigenvalue weighted by molar-refractivity contribution is 0.610. The highest BCUT2D eigenvalue weighted by molar-refractivity contribution is 9.10. The summed E-state index contributed by atoms with van der Waals surface area (Å²) in [6, 6.07) is 3.43. The van der Waals surface area contributed by atoms with Gasteiger partial charge in [0.2, 0.25) is 5.95 Å². The lowest BCUT2D eigenvalue weighted by Gasteiger charge is -2.05. The Hall–Kier alpha value is -1.21. The van der Waals surface area contributed by atoms with Crippen LogP contribution in [0.2, 0.25) is 0 Å². The van der Waals surface area contributed by atoms with Crippen LogP contribution in [0.15, 0.2) is 27.9 Å². The molecule has 0 saturated heterocycles. The number of halogens is 3. The summed E-state index contributed by atoms with van der Waals surface area (Å²) in [5.41, 5.74) is 7.67. The number of imidazole rings is 1. The Morgan fingerprint density at radius 3 is 2.84 bits per heavy atom. The number of rotatable bonds is 3. The summed E-state index contributed by atoms with van der Waals surface area (Å²) in [7, 11) is 0. The van der Waals surface area contributed by atoms with E-state index < -0.39 is 0 Å². The first-order valence-corrected chi connectivity index (χ1v) is 7.33. The first-order chi connectivity index (χ1) is 9.02. The van der Waals surface area contributed by atoms with E-state index in [0.717, 1.165) is 5.69 Å². The molecular weight excluding hydrogens is 379 g/mol. The number of nitrogens with two attached hydrogens (primary N) is 1. The summed E-state index contributed by atoms with van der Waals surface area (Å²) in [5.74, 6) is 0.00216. The molecule has 0 bridgehead atoms. The minimum Gasteiger partial charge on any atom is -0.368 e. The normalized spacial score (nSPS) is 11.4. The number of aryl methyl sites for hydroxylation is 1. The molecule has 2 aromatic rings. The van der Waals surface area contributed by atoms with E-state index in [4.69, 9.17) is 5.73 Å². The zero-order valence-electron chi connectivity index (χ0n) is 10.1. The van der Waals surface area contributed by atoms with Crippen molar-refractivity contribution in [3.05, 3.63) is 45.4 Å². The summed E-state index contributed by atoms with van der Waals surface area (Å²) < 4.78 is 15.8. The molecule has 0 aliphatic rings. The molecule has 19 heavy (non-hydrogen) atoms. The summed E-state index contributed by atoms with van der Waals surface area (Å²) in [4.78, 5) is 4.03. The van der Waals surface area contributed by atoms with Gasteiger partial charge in [-0.15, -0.1) is 0 Å². The van der Waals surface area contributed by atoms with Gasteiger partial charge in [0.05, 0.1) is 22.6 Å². The lowest BCUT2D eigenvalue weighted by atomic mass is 10.1. The van der Waals surface area contributed by atoms with Gasteiger partial charge in [-0.1, -0.05) is 22.0 Å². The van der Waals surface area contributed by atoms with E-state index >= 15 is 0 Å². The van der Waals surface area contributed by atoms with Crippen molar-refractivity contribution in [2.45, 2.75) is 12.3 Å². The van der Waals surface area contributed by atoms with Gasteiger partial charge >= 0.3 is 0 Å². The van der Waals surface area contributed by atoms with Gasteiger partial charge in [0.25, 0.3) is 0 Å².